The quantitative estimate of drug-likeness (QED) is 0.647. The van der Waals surface area contributed by atoms with Gasteiger partial charge in [-0.05, 0) is 19.9 Å². The molecule has 0 amide bonds. The molecule has 0 fully saturated rings. The molecule has 0 atom stereocenters. The summed E-state index contributed by atoms with van der Waals surface area (Å²) < 4.78 is 27.1. The van der Waals surface area contributed by atoms with E-state index in [1.807, 2.05) is 29.3 Å². The summed E-state index contributed by atoms with van der Waals surface area (Å²) in [5.41, 5.74) is 0. The van der Waals surface area contributed by atoms with E-state index in [0.717, 1.165) is 6.54 Å². The normalized spacial score (nSPS) is 15.8. The molecule has 0 radical (unpaired) electrons. The molecule has 0 bridgehead atoms. The molecule has 0 aromatic carbocycles. The largest absolute Gasteiger partial charge is 0.476 e. The lowest BCUT2D eigenvalue weighted by Crippen LogP contribution is -2.22. The van der Waals surface area contributed by atoms with Crippen LogP contribution in [0.5, 0.6) is 0 Å². The SMILES string of the molecule is CCOP(=O)(OCC)OCN1C=CC=CC1. The van der Waals surface area contributed by atoms with Crippen molar-refractivity contribution in [1.82, 2.24) is 4.90 Å². The van der Waals surface area contributed by atoms with E-state index >= 15 is 0 Å². The van der Waals surface area contributed by atoms with E-state index in [-0.39, 0.29) is 6.73 Å². The van der Waals surface area contributed by atoms with Crippen LogP contribution in [-0.2, 0) is 18.1 Å². The summed E-state index contributed by atoms with van der Waals surface area (Å²) in [7, 11) is -3.39. The van der Waals surface area contributed by atoms with Gasteiger partial charge in [0.2, 0.25) is 0 Å². The molecule has 0 aliphatic carbocycles. The Bertz CT molecular complexity index is 293. The number of phosphoric ester groups is 1. The Morgan fingerprint density at radius 1 is 1.19 bits per heavy atom. The molecule has 1 rings (SSSR count). The molecule has 6 heteroatoms. The highest BCUT2D eigenvalue weighted by Gasteiger charge is 2.25. The molecule has 0 unspecified atom stereocenters. The summed E-state index contributed by atoms with van der Waals surface area (Å²) in [6.07, 6.45) is 7.68. The summed E-state index contributed by atoms with van der Waals surface area (Å²) >= 11 is 0. The zero-order chi connectivity index (χ0) is 11.9. The van der Waals surface area contributed by atoms with Gasteiger partial charge in [-0.25, -0.2) is 4.57 Å². The number of allylic oxidation sites excluding steroid dienone is 2. The van der Waals surface area contributed by atoms with Gasteiger partial charge in [0.25, 0.3) is 0 Å². The van der Waals surface area contributed by atoms with Crippen molar-refractivity contribution >= 4 is 7.82 Å². The van der Waals surface area contributed by atoms with Gasteiger partial charge in [0.05, 0.1) is 13.2 Å². The second-order valence-corrected chi connectivity index (χ2v) is 4.75. The topological polar surface area (TPSA) is 48.0 Å². The molecule has 16 heavy (non-hydrogen) atoms. The van der Waals surface area contributed by atoms with E-state index < -0.39 is 7.82 Å². The van der Waals surface area contributed by atoms with Crippen LogP contribution in [0.1, 0.15) is 13.8 Å². The van der Waals surface area contributed by atoms with Crippen molar-refractivity contribution in [3.05, 3.63) is 24.4 Å². The van der Waals surface area contributed by atoms with E-state index in [2.05, 4.69) is 0 Å². The van der Waals surface area contributed by atoms with Crippen molar-refractivity contribution < 1.29 is 18.1 Å². The molecule has 0 aromatic rings. The van der Waals surface area contributed by atoms with Gasteiger partial charge in [-0.3, -0.25) is 13.6 Å². The predicted molar refractivity (Wildman–Crippen MR) is 61.8 cm³/mol. The molecular formula is C10H18NO4P. The number of hydrogen-bond donors (Lipinski definition) is 0. The predicted octanol–water partition coefficient (Wildman–Crippen LogP) is 2.53. The van der Waals surface area contributed by atoms with E-state index in [9.17, 15) is 4.57 Å². The molecule has 5 nitrogen and oxygen atoms in total. The van der Waals surface area contributed by atoms with Crippen LogP contribution in [0.2, 0.25) is 0 Å². The summed E-state index contributed by atoms with van der Waals surface area (Å²) in [5.74, 6) is 0. The minimum Gasteiger partial charge on any atom is -0.351 e. The number of phosphoric acid groups is 1. The fraction of sp³-hybridized carbons (Fsp3) is 0.600. The lowest BCUT2D eigenvalue weighted by molar-refractivity contribution is 0.0846. The first-order chi connectivity index (χ1) is 7.70. The molecule has 0 N–H and O–H groups in total. The van der Waals surface area contributed by atoms with Crippen molar-refractivity contribution in [2.45, 2.75) is 13.8 Å². The summed E-state index contributed by atoms with van der Waals surface area (Å²) in [6.45, 7) is 5.02. The van der Waals surface area contributed by atoms with Crippen LogP contribution in [0.3, 0.4) is 0 Å². The first-order valence-electron chi connectivity index (χ1n) is 5.31. The highest BCUT2D eigenvalue weighted by atomic mass is 31.2. The van der Waals surface area contributed by atoms with Crippen LogP contribution in [0.15, 0.2) is 24.4 Å². The van der Waals surface area contributed by atoms with Gasteiger partial charge in [-0.15, -0.1) is 0 Å². The Morgan fingerprint density at radius 2 is 1.88 bits per heavy atom. The summed E-state index contributed by atoms with van der Waals surface area (Å²) in [5, 5.41) is 0. The van der Waals surface area contributed by atoms with Crippen LogP contribution in [0.25, 0.3) is 0 Å². The Labute approximate surface area is 96.3 Å². The van der Waals surface area contributed by atoms with Crippen molar-refractivity contribution in [2.75, 3.05) is 26.5 Å². The van der Waals surface area contributed by atoms with Crippen LogP contribution >= 0.6 is 7.82 Å². The van der Waals surface area contributed by atoms with Crippen molar-refractivity contribution in [3.63, 3.8) is 0 Å². The Balaban J connectivity index is 2.40. The van der Waals surface area contributed by atoms with Gasteiger partial charge in [0.15, 0.2) is 0 Å². The van der Waals surface area contributed by atoms with Crippen LogP contribution in [0, 0.1) is 0 Å². The monoisotopic (exact) mass is 247 g/mol. The number of nitrogens with zero attached hydrogens (tertiary/aromatic N) is 1. The molecule has 92 valence electrons. The fourth-order valence-corrected chi connectivity index (χ4v) is 2.32. The number of hydrogen-bond acceptors (Lipinski definition) is 5. The Morgan fingerprint density at radius 3 is 2.38 bits per heavy atom. The maximum absolute atomic E-state index is 11.9. The molecule has 0 spiro atoms. The fourth-order valence-electron chi connectivity index (χ4n) is 1.18. The third-order valence-corrected chi connectivity index (χ3v) is 3.42. The van der Waals surface area contributed by atoms with Gasteiger partial charge in [0.1, 0.15) is 6.73 Å². The maximum atomic E-state index is 11.9. The van der Waals surface area contributed by atoms with Gasteiger partial charge in [0, 0.05) is 12.7 Å². The van der Waals surface area contributed by atoms with E-state index in [1.165, 1.54) is 0 Å². The van der Waals surface area contributed by atoms with Crippen molar-refractivity contribution in [2.24, 2.45) is 0 Å². The van der Waals surface area contributed by atoms with E-state index in [1.54, 1.807) is 13.8 Å². The molecule has 1 heterocycles. The van der Waals surface area contributed by atoms with Crippen molar-refractivity contribution in [3.8, 4) is 0 Å². The van der Waals surface area contributed by atoms with Crippen LogP contribution < -0.4 is 0 Å². The highest BCUT2D eigenvalue weighted by molar-refractivity contribution is 7.48. The van der Waals surface area contributed by atoms with Gasteiger partial charge < -0.3 is 4.90 Å². The molecule has 0 saturated heterocycles. The smallest absolute Gasteiger partial charge is 0.351 e. The zero-order valence-electron chi connectivity index (χ0n) is 9.67. The molecular weight excluding hydrogens is 229 g/mol. The van der Waals surface area contributed by atoms with Gasteiger partial charge in [-0.2, -0.15) is 0 Å². The van der Waals surface area contributed by atoms with E-state index in [4.69, 9.17) is 13.6 Å². The highest BCUT2D eigenvalue weighted by Crippen LogP contribution is 2.49. The second kappa shape index (κ2) is 6.86. The maximum Gasteiger partial charge on any atom is 0.476 e. The van der Waals surface area contributed by atoms with Gasteiger partial charge >= 0.3 is 7.82 Å². The minimum atomic E-state index is -3.39. The van der Waals surface area contributed by atoms with Crippen molar-refractivity contribution in [1.29, 1.82) is 0 Å². The second-order valence-electron chi connectivity index (χ2n) is 3.08. The average Bonchev–Trinajstić information content (AvgIpc) is 2.29. The first kappa shape index (κ1) is 13.5. The molecule has 1 aliphatic rings. The van der Waals surface area contributed by atoms with E-state index in [0.29, 0.717) is 13.2 Å². The third kappa shape index (κ3) is 4.49. The lowest BCUT2D eigenvalue weighted by Gasteiger charge is -2.23. The molecule has 1 aliphatic heterocycles. The molecule has 0 aromatic heterocycles. The first-order valence-corrected chi connectivity index (χ1v) is 6.77. The van der Waals surface area contributed by atoms with Gasteiger partial charge in [-0.1, -0.05) is 12.2 Å². The standard InChI is InChI=1S/C10H18NO4P/c1-3-13-16(12,14-4-2)15-10-11-8-6-5-7-9-11/h5-8H,3-4,9-10H2,1-2H3. The summed E-state index contributed by atoms with van der Waals surface area (Å²) in [6, 6.07) is 0. The third-order valence-electron chi connectivity index (χ3n) is 1.84. The zero-order valence-corrected chi connectivity index (χ0v) is 10.6. The average molecular weight is 247 g/mol. The summed E-state index contributed by atoms with van der Waals surface area (Å²) in [4.78, 5) is 1.87. The Hall–Kier alpha value is -0.610. The lowest BCUT2D eigenvalue weighted by atomic mass is 10.4. The van der Waals surface area contributed by atoms with Crippen LogP contribution in [0.4, 0.5) is 0 Å². The molecule has 0 saturated carbocycles. The minimum absolute atomic E-state index is 0.193. The Kier molecular flexibility index (Phi) is 5.77. The van der Waals surface area contributed by atoms with Crippen LogP contribution in [-0.4, -0.2) is 31.4 Å². The number of rotatable bonds is 7.